The normalized spacial score (nSPS) is 14.8. The fraction of sp³-hybridized carbons (Fsp3) is 0.692. The van der Waals surface area contributed by atoms with Crippen molar-refractivity contribution in [1.29, 1.82) is 0 Å². The zero-order valence-corrected chi connectivity index (χ0v) is 11.0. The first-order valence-electron chi connectivity index (χ1n) is 6.52. The van der Waals surface area contributed by atoms with Crippen molar-refractivity contribution in [3.8, 4) is 0 Å². The highest BCUT2D eigenvalue weighted by Gasteiger charge is 2.21. The van der Waals surface area contributed by atoms with E-state index in [0.717, 1.165) is 24.0 Å². The van der Waals surface area contributed by atoms with Gasteiger partial charge in [-0.2, -0.15) is 4.98 Å². The van der Waals surface area contributed by atoms with E-state index in [4.69, 9.17) is 0 Å². The Labute approximate surface area is 103 Å². The molecule has 0 saturated heterocycles. The molecule has 0 aromatic carbocycles. The molecule has 4 heteroatoms. The van der Waals surface area contributed by atoms with Crippen molar-refractivity contribution >= 4 is 11.8 Å². The number of aryl methyl sites for hydroxylation is 1. The summed E-state index contributed by atoms with van der Waals surface area (Å²) in [4.78, 5) is 11.2. The lowest BCUT2D eigenvalue weighted by atomic mass is 10.3. The molecule has 94 valence electrons. The maximum Gasteiger partial charge on any atom is 0.227 e. The van der Waals surface area contributed by atoms with E-state index < -0.39 is 0 Å². The average molecular weight is 234 g/mol. The van der Waals surface area contributed by atoms with Crippen LogP contribution >= 0.6 is 0 Å². The lowest BCUT2D eigenvalue weighted by Crippen LogP contribution is -2.21. The van der Waals surface area contributed by atoms with E-state index in [1.807, 2.05) is 13.0 Å². The minimum atomic E-state index is 0.637. The Morgan fingerprint density at radius 3 is 2.82 bits per heavy atom. The van der Waals surface area contributed by atoms with Crippen molar-refractivity contribution in [3.63, 3.8) is 0 Å². The molecular formula is C13H22N4. The maximum atomic E-state index is 4.57. The first kappa shape index (κ1) is 12.1. The van der Waals surface area contributed by atoms with Crippen molar-refractivity contribution in [2.24, 2.45) is 0 Å². The van der Waals surface area contributed by atoms with Gasteiger partial charge < -0.3 is 10.2 Å². The molecule has 0 spiro atoms. The van der Waals surface area contributed by atoms with Gasteiger partial charge in [-0.15, -0.1) is 0 Å². The third-order valence-corrected chi connectivity index (χ3v) is 2.96. The van der Waals surface area contributed by atoms with Crippen LogP contribution in [0.15, 0.2) is 6.07 Å². The van der Waals surface area contributed by atoms with Gasteiger partial charge in [0.1, 0.15) is 5.82 Å². The van der Waals surface area contributed by atoms with Gasteiger partial charge >= 0.3 is 0 Å². The van der Waals surface area contributed by atoms with Gasteiger partial charge in [0.05, 0.1) is 0 Å². The number of rotatable bonds is 6. The van der Waals surface area contributed by atoms with Crippen LogP contribution in [0.2, 0.25) is 0 Å². The predicted octanol–water partition coefficient (Wildman–Crippen LogP) is 2.60. The molecule has 1 aromatic rings. The standard InChI is InChI=1S/C13H22N4/c1-4-5-8-17(3)13-14-10(2)9-12(16-13)15-11-6-7-11/h9,11H,4-8H2,1-3H3,(H,14,15,16). The van der Waals surface area contributed by atoms with E-state index >= 15 is 0 Å². The first-order valence-corrected chi connectivity index (χ1v) is 6.52. The summed E-state index contributed by atoms with van der Waals surface area (Å²) in [5, 5.41) is 3.43. The molecule has 0 radical (unpaired) electrons. The monoisotopic (exact) mass is 234 g/mol. The van der Waals surface area contributed by atoms with Crippen LogP contribution < -0.4 is 10.2 Å². The number of anilines is 2. The number of aromatic nitrogens is 2. The molecule has 1 fully saturated rings. The molecule has 0 amide bonds. The van der Waals surface area contributed by atoms with Gasteiger partial charge in [0.15, 0.2) is 0 Å². The summed E-state index contributed by atoms with van der Waals surface area (Å²) in [6.07, 6.45) is 4.91. The second-order valence-corrected chi connectivity index (χ2v) is 4.89. The molecule has 0 atom stereocenters. The Morgan fingerprint density at radius 2 is 2.18 bits per heavy atom. The van der Waals surface area contributed by atoms with Gasteiger partial charge in [-0.05, 0) is 26.2 Å². The van der Waals surface area contributed by atoms with Crippen molar-refractivity contribution < 1.29 is 0 Å². The second kappa shape index (κ2) is 5.34. The lowest BCUT2D eigenvalue weighted by Gasteiger charge is -2.18. The smallest absolute Gasteiger partial charge is 0.227 e. The van der Waals surface area contributed by atoms with Crippen LogP contribution in [0.1, 0.15) is 38.3 Å². The fourth-order valence-corrected chi connectivity index (χ4v) is 1.73. The summed E-state index contributed by atoms with van der Waals surface area (Å²) in [6, 6.07) is 2.66. The van der Waals surface area contributed by atoms with Gasteiger partial charge in [-0.25, -0.2) is 4.98 Å². The van der Waals surface area contributed by atoms with Crippen LogP contribution in [0.5, 0.6) is 0 Å². The Kier molecular flexibility index (Phi) is 3.82. The summed E-state index contributed by atoms with van der Waals surface area (Å²) in [6.45, 7) is 5.24. The molecule has 1 aliphatic carbocycles. The van der Waals surface area contributed by atoms with E-state index in [0.29, 0.717) is 6.04 Å². The molecule has 0 aliphatic heterocycles. The van der Waals surface area contributed by atoms with Gasteiger partial charge in [0.25, 0.3) is 0 Å². The molecule has 2 rings (SSSR count). The first-order chi connectivity index (χ1) is 8.19. The summed E-state index contributed by atoms with van der Waals surface area (Å²) in [5.74, 6) is 1.81. The van der Waals surface area contributed by atoms with Crippen LogP contribution in [0.4, 0.5) is 11.8 Å². The molecule has 1 aliphatic rings. The summed E-state index contributed by atoms with van der Waals surface area (Å²) in [5.41, 5.74) is 1.03. The zero-order valence-electron chi connectivity index (χ0n) is 11.0. The molecule has 1 saturated carbocycles. The van der Waals surface area contributed by atoms with E-state index in [1.165, 1.54) is 25.7 Å². The van der Waals surface area contributed by atoms with Crippen LogP contribution in [-0.2, 0) is 0 Å². The number of unbranched alkanes of at least 4 members (excludes halogenated alkanes) is 1. The largest absolute Gasteiger partial charge is 0.367 e. The van der Waals surface area contributed by atoms with Gasteiger partial charge in [0, 0.05) is 31.4 Å². The third kappa shape index (κ3) is 3.58. The maximum absolute atomic E-state index is 4.57. The highest BCUT2D eigenvalue weighted by molar-refractivity contribution is 5.44. The van der Waals surface area contributed by atoms with Crippen molar-refractivity contribution in [2.75, 3.05) is 23.8 Å². The quantitative estimate of drug-likeness (QED) is 0.821. The molecule has 1 N–H and O–H groups in total. The van der Waals surface area contributed by atoms with Gasteiger partial charge in [-0.3, -0.25) is 0 Å². The number of nitrogens with zero attached hydrogens (tertiary/aromatic N) is 3. The van der Waals surface area contributed by atoms with E-state index in [1.54, 1.807) is 0 Å². The Bertz CT molecular complexity index is 374. The van der Waals surface area contributed by atoms with Crippen LogP contribution in [-0.4, -0.2) is 29.6 Å². The topological polar surface area (TPSA) is 41.1 Å². The molecule has 0 bridgehead atoms. The molecule has 17 heavy (non-hydrogen) atoms. The number of hydrogen-bond donors (Lipinski definition) is 1. The number of nitrogens with one attached hydrogen (secondary N) is 1. The highest BCUT2D eigenvalue weighted by Crippen LogP contribution is 2.24. The zero-order chi connectivity index (χ0) is 12.3. The van der Waals surface area contributed by atoms with Crippen LogP contribution in [0.25, 0.3) is 0 Å². The highest BCUT2D eigenvalue weighted by atomic mass is 15.2. The molecular weight excluding hydrogens is 212 g/mol. The fourth-order valence-electron chi connectivity index (χ4n) is 1.73. The van der Waals surface area contributed by atoms with Crippen molar-refractivity contribution in [1.82, 2.24) is 9.97 Å². The van der Waals surface area contributed by atoms with E-state index in [2.05, 4.69) is 34.2 Å². The molecule has 4 nitrogen and oxygen atoms in total. The van der Waals surface area contributed by atoms with Crippen molar-refractivity contribution in [3.05, 3.63) is 11.8 Å². The van der Waals surface area contributed by atoms with Crippen LogP contribution in [0, 0.1) is 6.92 Å². The van der Waals surface area contributed by atoms with Crippen LogP contribution in [0.3, 0.4) is 0 Å². The van der Waals surface area contributed by atoms with Gasteiger partial charge in [0.2, 0.25) is 5.95 Å². The Hall–Kier alpha value is -1.32. The third-order valence-electron chi connectivity index (χ3n) is 2.96. The Balaban J connectivity index is 2.06. The average Bonchev–Trinajstić information content (AvgIpc) is 3.09. The number of hydrogen-bond acceptors (Lipinski definition) is 4. The van der Waals surface area contributed by atoms with E-state index in [-0.39, 0.29) is 0 Å². The minimum Gasteiger partial charge on any atom is -0.367 e. The van der Waals surface area contributed by atoms with Gasteiger partial charge in [-0.1, -0.05) is 13.3 Å². The van der Waals surface area contributed by atoms with Crippen molar-refractivity contribution in [2.45, 2.75) is 45.6 Å². The molecule has 0 unspecified atom stereocenters. The minimum absolute atomic E-state index is 0.637. The predicted molar refractivity (Wildman–Crippen MR) is 71.6 cm³/mol. The lowest BCUT2D eigenvalue weighted by molar-refractivity contribution is 0.748. The summed E-state index contributed by atoms with van der Waals surface area (Å²) < 4.78 is 0. The SMILES string of the molecule is CCCCN(C)c1nc(C)cc(NC2CC2)n1. The molecule has 1 aromatic heterocycles. The summed E-state index contributed by atoms with van der Waals surface area (Å²) >= 11 is 0. The Morgan fingerprint density at radius 1 is 1.41 bits per heavy atom. The second-order valence-electron chi connectivity index (χ2n) is 4.89. The molecule has 1 heterocycles. The summed E-state index contributed by atoms with van der Waals surface area (Å²) in [7, 11) is 2.06. The van der Waals surface area contributed by atoms with E-state index in [9.17, 15) is 0 Å².